The minimum atomic E-state index is -0.457. The molecule has 0 amide bonds. The van der Waals surface area contributed by atoms with Crippen LogP contribution in [-0.4, -0.2) is 36.0 Å². The fourth-order valence-corrected chi connectivity index (χ4v) is 1.59. The Hall–Kier alpha value is -0.970. The number of ether oxygens (including phenoxy) is 1. The lowest BCUT2D eigenvalue weighted by molar-refractivity contribution is 0.0348. The number of nitrogens with zero attached hydrogens (tertiary/aromatic N) is 1. The molecule has 1 unspecified atom stereocenters. The van der Waals surface area contributed by atoms with Crippen LogP contribution >= 0.6 is 0 Å². The van der Waals surface area contributed by atoms with E-state index in [1.807, 2.05) is 18.3 Å². The van der Waals surface area contributed by atoms with Gasteiger partial charge in [-0.2, -0.15) is 0 Å². The number of hydrogen-bond donors (Lipinski definition) is 2. The van der Waals surface area contributed by atoms with Crippen molar-refractivity contribution in [3.63, 3.8) is 0 Å². The van der Waals surface area contributed by atoms with Crippen LogP contribution in [0.2, 0.25) is 0 Å². The van der Waals surface area contributed by atoms with Crippen molar-refractivity contribution in [2.45, 2.75) is 38.8 Å². The zero-order valence-corrected chi connectivity index (χ0v) is 11.3. The third-order valence-corrected chi connectivity index (χ3v) is 2.80. The number of unbranched alkanes of at least 4 members (excludes halogenated alkanes) is 1. The highest BCUT2D eigenvalue weighted by Crippen LogP contribution is 2.09. The Labute approximate surface area is 109 Å². The number of aliphatic hydroxyl groups excluding tert-OH is 1. The molecule has 0 radical (unpaired) electrons. The summed E-state index contributed by atoms with van der Waals surface area (Å²) in [6.45, 7) is 5.83. The third-order valence-electron chi connectivity index (χ3n) is 2.80. The highest BCUT2D eigenvalue weighted by Gasteiger charge is 2.08. The molecule has 102 valence electrons. The summed E-state index contributed by atoms with van der Waals surface area (Å²) in [6.07, 6.45) is 5.30. The Morgan fingerprint density at radius 1 is 1.50 bits per heavy atom. The number of rotatable bonds is 9. The van der Waals surface area contributed by atoms with Crippen LogP contribution in [0.1, 0.15) is 38.3 Å². The molecule has 0 spiro atoms. The van der Waals surface area contributed by atoms with Gasteiger partial charge in [0.2, 0.25) is 0 Å². The molecule has 4 heteroatoms. The standard InChI is InChI=1S/C14H24N2O2/c1-3-4-8-18-11-14(17)10-16-12(2)13-6-5-7-15-9-13/h5-7,9,12,14,16-17H,3-4,8,10-11H2,1-2H3/t12-,14?/m0/s1. The Bertz CT molecular complexity index is 306. The molecule has 0 aliphatic rings. The smallest absolute Gasteiger partial charge is 0.0897 e. The summed E-state index contributed by atoms with van der Waals surface area (Å²) in [6, 6.07) is 4.12. The van der Waals surface area contributed by atoms with Crippen molar-refractivity contribution in [3.05, 3.63) is 30.1 Å². The van der Waals surface area contributed by atoms with Crippen molar-refractivity contribution in [3.8, 4) is 0 Å². The molecule has 0 aliphatic carbocycles. The first kappa shape index (κ1) is 15.1. The first-order valence-electron chi connectivity index (χ1n) is 6.63. The van der Waals surface area contributed by atoms with Gasteiger partial charge in [0.05, 0.1) is 12.7 Å². The first-order chi connectivity index (χ1) is 8.74. The summed E-state index contributed by atoms with van der Waals surface area (Å²) in [4.78, 5) is 4.08. The zero-order chi connectivity index (χ0) is 13.2. The Balaban J connectivity index is 2.16. The van der Waals surface area contributed by atoms with Gasteiger partial charge in [-0.1, -0.05) is 19.4 Å². The molecular weight excluding hydrogens is 228 g/mol. The fourth-order valence-electron chi connectivity index (χ4n) is 1.59. The van der Waals surface area contributed by atoms with Crippen molar-refractivity contribution in [2.75, 3.05) is 19.8 Å². The van der Waals surface area contributed by atoms with Gasteiger partial charge in [0.25, 0.3) is 0 Å². The maximum atomic E-state index is 9.74. The number of aliphatic hydroxyl groups is 1. The fraction of sp³-hybridized carbons (Fsp3) is 0.643. The van der Waals surface area contributed by atoms with Crippen molar-refractivity contribution < 1.29 is 9.84 Å². The number of nitrogens with one attached hydrogen (secondary N) is 1. The van der Waals surface area contributed by atoms with Gasteiger partial charge in [0.15, 0.2) is 0 Å². The molecule has 18 heavy (non-hydrogen) atoms. The van der Waals surface area contributed by atoms with E-state index in [9.17, 15) is 5.11 Å². The van der Waals surface area contributed by atoms with Gasteiger partial charge in [0, 0.05) is 31.6 Å². The lowest BCUT2D eigenvalue weighted by atomic mass is 10.1. The number of pyridine rings is 1. The van der Waals surface area contributed by atoms with Gasteiger partial charge in [-0.25, -0.2) is 0 Å². The van der Waals surface area contributed by atoms with Crippen LogP contribution in [-0.2, 0) is 4.74 Å². The van der Waals surface area contributed by atoms with Crippen LogP contribution in [0.4, 0.5) is 0 Å². The molecule has 1 aromatic heterocycles. The van der Waals surface area contributed by atoms with Crippen LogP contribution in [0, 0.1) is 0 Å². The average Bonchev–Trinajstić information content (AvgIpc) is 2.42. The number of hydrogen-bond acceptors (Lipinski definition) is 4. The Kier molecular flexibility index (Phi) is 7.57. The van der Waals surface area contributed by atoms with Crippen LogP contribution in [0.5, 0.6) is 0 Å². The SMILES string of the molecule is CCCCOCC(O)CN[C@@H](C)c1cccnc1. The van der Waals surface area contributed by atoms with E-state index in [2.05, 4.69) is 24.1 Å². The molecule has 0 fully saturated rings. The zero-order valence-electron chi connectivity index (χ0n) is 11.3. The predicted molar refractivity (Wildman–Crippen MR) is 72.4 cm³/mol. The van der Waals surface area contributed by atoms with Crippen LogP contribution in [0.15, 0.2) is 24.5 Å². The molecule has 1 heterocycles. The van der Waals surface area contributed by atoms with E-state index in [0.29, 0.717) is 13.2 Å². The van der Waals surface area contributed by atoms with Crippen molar-refractivity contribution >= 4 is 0 Å². The molecule has 0 aromatic carbocycles. The molecule has 2 atom stereocenters. The highest BCUT2D eigenvalue weighted by atomic mass is 16.5. The quantitative estimate of drug-likeness (QED) is 0.659. The summed E-state index contributed by atoms with van der Waals surface area (Å²) >= 11 is 0. The van der Waals surface area contributed by atoms with Crippen molar-refractivity contribution in [2.24, 2.45) is 0 Å². The molecule has 1 rings (SSSR count). The number of aromatic nitrogens is 1. The van der Waals surface area contributed by atoms with Crippen molar-refractivity contribution in [1.29, 1.82) is 0 Å². The molecular formula is C14H24N2O2. The molecule has 1 aromatic rings. The Morgan fingerprint density at radius 3 is 3.00 bits per heavy atom. The second-order valence-corrected chi connectivity index (χ2v) is 4.50. The summed E-state index contributed by atoms with van der Waals surface area (Å²) in [7, 11) is 0. The van der Waals surface area contributed by atoms with E-state index in [4.69, 9.17) is 4.74 Å². The summed E-state index contributed by atoms with van der Waals surface area (Å²) in [5, 5.41) is 13.0. The lowest BCUT2D eigenvalue weighted by Crippen LogP contribution is -2.32. The predicted octanol–water partition coefficient (Wildman–Crippen LogP) is 1.91. The molecule has 0 saturated heterocycles. The van der Waals surface area contributed by atoms with E-state index in [-0.39, 0.29) is 6.04 Å². The minimum Gasteiger partial charge on any atom is -0.389 e. The normalized spacial score (nSPS) is 14.4. The molecule has 0 saturated carbocycles. The van der Waals surface area contributed by atoms with Gasteiger partial charge in [-0.05, 0) is 25.0 Å². The van der Waals surface area contributed by atoms with E-state index in [1.54, 1.807) is 6.20 Å². The molecule has 0 aliphatic heterocycles. The van der Waals surface area contributed by atoms with Crippen molar-refractivity contribution in [1.82, 2.24) is 10.3 Å². The second kappa shape index (κ2) is 9.03. The van der Waals surface area contributed by atoms with Gasteiger partial charge in [-0.15, -0.1) is 0 Å². The minimum absolute atomic E-state index is 0.184. The topological polar surface area (TPSA) is 54.4 Å². The van der Waals surface area contributed by atoms with Gasteiger partial charge < -0.3 is 15.2 Å². The van der Waals surface area contributed by atoms with E-state index >= 15 is 0 Å². The molecule has 2 N–H and O–H groups in total. The maximum absolute atomic E-state index is 9.74. The highest BCUT2D eigenvalue weighted by molar-refractivity contribution is 5.12. The van der Waals surface area contributed by atoms with Crippen LogP contribution in [0.3, 0.4) is 0 Å². The van der Waals surface area contributed by atoms with E-state index in [1.165, 1.54) is 0 Å². The summed E-state index contributed by atoms with van der Waals surface area (Å²) in [5.74, 6) is 0. The van der Waals surface area contributed by atoms with Gasteiger partial charge >= 0.3 is 0 Å². The molecule has 4 nitrogen and oxygen atoms in total. The first-order valence-corrected chi connectivity index (χ1v) is 6.63. The Morgan fingerprint density at radius 2 is 2.33 bits per heavy atom. The third kappa shape index (κ3) is 6.10. The second-order valence-electron chi connectivity index (χ2n) is 4.50. The largest absolute Gasteiger partial charge is 0.389 e. The van der Waals surface area contributed by atoms with E-state index in [0.717, 1.165) is 25.0 Å². The maximum Gasteiger partial charge on any atom is 0.0897 e. The van der Waals surface area contributed by atoms with E-state index < -0.39 is 6.10 Å². The lowest BCUT2D eigenvalue weighted by Gasteiger charge is -2.17. The average molecular weight is 252 g/mol. The van der Waals surface area contributed by atoms with Gasteiger partial charge in [0.1, 0.15) is 0 Å². The summed E-state index contributed by atoms with van der Waals surface area (Å²) < 4.78 is 5.37. The van der Waals surface area contributed by atoms with Gasteiger partial charge in [-0.3, -0.25) is 4.98 Å². The monoisotopic (exact) mass is 252 g/mol. The summed E-state index contributed by atoms with van der Waals surface area (Å²) in [5.41, 5.74) is 1.12. The molecule has 0 bridgehead atoms. The van der Waals surface area contributed by atoms with Crippen LogP contribution in [0.25, 0.3) is 0 Å². The van der Waals surface area contributed by atoms with Crippen LogP contribution < -0.4 is 5.32 Å².